The fourth-order valence-electron chi connectivity index (χ4n) is 1.44. The highest BCUT2D eigenvalue weighted by molar-refractivity contribution is 5.95. The molecule has 0 bridgehead atoms. The number of hydrogen-bond donors (Lipinski definition) is 1. The van der Waals surface area contributed by atoms with E-state index in [-0.39, 0.29) is 24.9 Å². The minimum Gasteiger partial charge on any atom is -0.482 e. The summed E-state index contributed by atoms with van der Waals surface area (Å²) in [5, 5.41) is 2.68. The molecule has 1 amide bonds. The van der Waals surface area contributed by atoms with Gasteiger partial charge < -0.3 is 14.8 Å². The Morgan fingerprint density at radius 1 is 1.56 bits per heavy atom. The summed E-state index contributed by atoms with van der Waals surface area (Å²) in [7, 11) is 1.32. The fraction of sp³-hybridized carbons (Fsp3) is 0.231. The molecule has 1 aliphatic heterocycles. The number of benzene rings is 1. The predicted molar refractivity (Wildman–Crippen MR) is 64.1 cm³/mol. The molecule has 0 spiro atoms. The Morgan fingerprint density at radius 3 is 3.17 bits per heavy atom. The van der Waals surface area contributed by atoms with Crippen molar-refractivity contribution < 1.29 is 19.1 Å². The molecule has 1 aliphatic rings. The number of esters is 1. The van der Waals surface area contributed by atoms with Crippen molar-refractivity contribution in [1.82, 2.24) is 0 Å². The summed E-state index contributed by atoms with van der Waals surface area (Å²) in [6, 6.07) is 5.19. The number of ether oxygens (including phenoxy) is 2. The third-order valence-electron chi connectivity index (χ3n) is 2.31. The van der Waals surface area contributed by atoms with Gasteiger partial charge in [-0.2, -0.15) is 0 Å². The van der Waals surface area contributed by atoms with Gasteiger partial charge in [-0.05, 0) is 18.2 Å². The van der Waals surface area contributed by atoms with E-state index >= 15 is 0 Å². The highest BCUT2D eigenvalue weighted by Gasteiger charge is 2.15. The molecule has 92 valence electrons. The first kappa shape index (κ1) is 12.0. The second-order valence-electron chi connectivity index (χ2n) is 3.60. The summed E-state index contributed by atoms with van der Waals surface area (Å²) < 4.78 is 9.73. The van der Waals surface area contributed by atoms with Crippen LogP contribution in [0.15, 0.2) is 18.2 Å². The largest absolute Gasteiger partial charge is 0.482 e. The zero-order chi connectivity index (χ0) is 13.0. The lowest BCUT2D eigenvalue weighted by Gasteiger charge is -2.17. The molecular formula is C13H11NO4. The van der Waals surface area contributed by atoms with Gasteiger partial charge in [-0.15, -0.1) is 0 Å². The monoisotopic (exact) mass is 245 g/mol. The lowest BCUT2D eigenvalue weighted by Crippen LogP contribution is -2.25. The van der Waals surface area contributed by atoms with E-state index in [2.05, 4.69) is 21.9 Å². The van der Waals surface area contributed by atoms with Crippen LogP contribution in [-0.4, -0.2) is 25.6 Å². The molecule has 5 heteroatoms. The van der Waals surface area contributed by atoms with E-state index in [1.54, 1.807) is 18.2 Å². The SMILES string of the molecule is COC(=O)CC#Cc1ccc2c(c1)OCC(=O)N2. The minimum atomic E-state index is -0.371. The van der Waals surface area contributed by atoms with Gasteiger partial charge in [0.25, 0.3) is 5.91 Å². The number of carbonyl (C=O) groups excluding carboxylic acids is 2. The van der Waals surface area contributed by atoms with Gasteiger partial charge in [0, 0.05) is 5.56 Å². The average Bonchev–Trinajstić information content (AvgIpc) is 2.38. The lowest BCUT2D eigenvalue weighted by atomic mass is 10.1. The molecule has 1 aromatic rings. The smallest absolute Gasteiger partial charge is 0.317 e. The van der Waals surface area contributed by atoms with E-state index in [1.807, 2.05) is 0 Å². The Morgan fingerprint density at radius 2 is 2.39 bits per heavy atom. The molecule has 0 unspecified atom stereocenters. The van der Waals surface area contributed by atoms with Gasteiger partial charge in [-0.3, -0.25) is 9.59 Å². The van der Waals surface area contributed by atoms with E-state index < -0.39 is 0 Å². The number of anilines is 1. The zero-order valence-corrected chi connectivity index (χ0v) is 9.78. The van der Waals surface area contributed by atoms with Crippen molar-refractivity contribution in [3.63, 3.8) is 0 Å². The van der Waals surface area contributed by atoms with E-state index in [4.69, 9.17) is 4.74 Å². The molecule has 5 nitrogen and oxygen atoms in total. The highest BCUT2D eigenvalue weighted by Crippen LogP contribution is 2.28. The van der Waals surface area contributed by atoms with Gasteiger partial charge in [-0.1, -0.05) is 11.8 Å². The molecule has 0 aromatic heterocycles. The van der Waals surface area contributed by atoms with Crippen molar-refractivity contribution in [3.05, 3.63) is 23.8 Å². The van der Waals surface area contributed by atoms with Crippen LogP contribution in [0.5, 0.6) is 5.75 Å². The van der Waals surface area contributed by atoms with Gasteiger partial charge in [0.1, 0.15) is 12.2 Å². The lowest BCUT2D eigenvalue weighted by molar-refractivity contribution is -0.139. The number of amides is 1. The highest BCUT2D eigenvalue weighted by atomic mass is 16.5. The Balaban J connectivity index is 2.12. The third-order valence-corrected chi connectivity index (χ3v) is 2.31. The van der Waals surface area contributed by atoms with Gasteiger partial charge in [-0.25, -0.2) is 0 Å². The van der Waals surface area contributed by atoms with Crippen LogP contribution in [0.25, 0.3) is 0 Å². The van der Waals surface area contributed by atoms with E-state index in [9.17, 15) is 9.59 Å². The van der Waals surface area contributed by atoms with Crippen molar-refractivity contribution in [1.29, 1.82) is 0 Å². The molecule has 2 rings (SSSR count). The predicted octanol–water partition coefficient (Wildman–Crippen LogP) is 0.932. The standard InChI is InChI=1S/C13H11NO4/c1-17-13(16)4-2-3-9-5-6-10-11(7-9)18-8-12(15)14-10/h5-7H,4,8H2,1H3,(H,14,15). The van der Waals surface area contributed by atoms with E-state index in [0.29, 0.717) is 17.0 Å². The summed E-state index contributed by atoms with van der Waals surface area (Å²) in [4.78, 5) is 21.9. The third kappa shape index (κ3) is 2.80. The van der Waals surface area contributed by atoms with Gasteiger partial charge in [0.15, 0.2) is 6.61 Å². The van der Waals surface area contributed by atoms with Gasteiger partial charge in [0.05, 0.1) is 12.8 Å². The molecule has 0 saturated carbocycles. The topological polar surface area (TPSA) is 64.6 Å². The van der Waals surface area contributed by atoms with Crippen molar-refractivity contribution in [3.8, 4) is 17.6 Å². The summed E-state index contributed by atoms with van der Waals surface area (Å²) in [5.74, 6) is 5.57. The molecule has 18 heavy (non-hydrogen) atoms. The van der Waals surface area contributed by atoms with Crippen molar-refractivity contribution in [2.45, 2.75) is 6.42 Å². The van der Waals surface area contributed by atoms with Crippen LogP contribution in [0.3, 0.4) is 0 Å². The molecule has 1 heterocycles. The molecule has 1 aromatic carbocycles. The normalized spacial score (nSPS) is 12.4. The number of methoxy groups -OCH3 is 1. The number of hydrogen-bond acceptors (Lipinski definition) is 4. The maximum absolute atomic E-state index is 11.1. The first-order valence-corrected chi connectivity index (χ1v) is 5.31. The van der Waals surface area contributed by atoms with Crippen molar-refractivity contribution in [2.24, 2.45) is 0 Å². The number of carbonyl (C=O) groups is 2. The second-order valence-corrected chi connectivity index (χ2v) is 3.60. The Bertz CT molecular complexity index is 554. The first-order chi connectivity index (χ1) is 8.69. The average molecular weight is 245 g/mol. The molecule has 0 atom stereocenters. The van der Waals surface area contributed by atoms with Gasteiger partial charge >= 0.3 is 5.97 Å². The summed E-state index contributed by atoms with van der Waals surface area (Å²) >= 11 is 0. The molecule has 0 fully saturated rings. The second kappa shape index (κ2) is 5.23. The molecular weight excluding hydrogens is 234 g/mol. The van der Waals surface area contributed by atoms with Crippen LogP contribution < -0.4 is 10.1 Å². The van der Waals surface area contributed by atoms with Crippen LogP contribution >= 0.6 is 0 Å². The van der Waals surface area contributed by atoms with Crippen molar-refractivity contribution >= 4 is 17.6 Å². The first-order valence-electron chi connectivity index (χ1n) is 5.31. The number of fused-ring (bicyclic) bond motifs is 1. The van der Waals surface area contributed by atoms with Crippen LogP contribution in [0, 0.1) is 11.8 Å². The number of rotatable bonds is 1. The summed E-state index contributed by atoms with van der Waals surface area (Å²) in [6.45, 7) is 0.00599. The Hall–Kier alpha value is -2.48. The fourth-order valence-corrected chi connectivity index (χ4v) is 1.44. The minimum absolute atomic E-state index is 0.00599. The van der Waals surface area contributed by atoms with E-state index in [1.165, 1.54) is 7.11 Å². The Kier molecular flexibility index (Phi) is 3.49. The zero-order valence-electron chi connectivity index (χ0n) is 9.78. The number of nitrogens with one attached hydrogen (secondary N) is 1. The van der Waals surface area contributed by atoms with Crippen LogP contribution in [0.4, 0.5) is 5.69 Å². The van der Waals surface area contributed by atoms with Crippen LogP contribution in [-0.2, 0) is 14.3 Å². The maximum Gasteiger partial charge on any atom is 0.317 e. The quantitative estimate of drug-likeness (QED) is 0.590. The molecule has 1 N–H and O–H groups in total. The molecule has 0 saturated heterocycles. The summed E-state index contributed by atoms with van der Waals surface area (Å²) in [5.41, 5.74) is 1.35. The molecule has 0 radical (unpaired) electrons. The van der Waals surface area contributed by atoms with E-state index in [0.717, 1.165) is 0 Å². The Labute approximate surface area is 104 Å². The van der Waals surface area contributed by atoms with Crippen LogP contribution in [0.2, 0.25) is 0 Å². The maximum atomic E-state index is 11.1. The van der Waals surface area contributed by atoms with Crippen LogP contribution in [0.1, 0.15) is 12.0 Å². The molecule has 0 aliphatic carbocycles. The van der Waals surface area contributed by atoms with Crippen molar-refractivity contribution in [2.75, 3.05) is 19.0 Å². The van der Waals surface area contributed by atoms with Gasteiger partial charge in [0.2, 0.25) is 0 Å². The summed E-state index contributed by atoms with van der Waals surface area (Å²) in [6.07, 6.45) is 0.0468.